The number of ether oxygens (including phenoxy) is 3. The number of nitrogens with zero attached hydrogens (tertiary/aromatic N) is 2. The lowest BCUT2D eigenvalue weighted by Crippen LogP contribution is -2.36. The maximum absolute atomic E-state index is 9.70. The van der Waals surface area contributed by atoms with E-state index in [1.165, 1.54) is 0 Å². The molecule has 4 rings (SSSR count). The van der Waals surface area contributed by atoms with E-state index in [4.69, 9.17) is 26.4 Å². The summed E-state index contributed by atoms with van der Waals surface area (Å²) >= 11 is 8.90. The van der Waals surface area contributed by atoms with E-state index >= 15 is 0 Å². The van der Waals surface area contributed by atoms with Gasteiger partial charge in [0.25, 0.3) is 0 Å². The molecule has 1 saturated heterocycles. The second-order valence-electron chi connectivity index (χ2n) is 7.54. The molecule has 0 atom stereocenters. The van der Waals surface area contributed by atoms with Gasteiger partial charge in [-0.3, -0.25) is 4.98 Å². The fourth-order valence-electron chi connectivity index (χ4n) is 3.64. The highest BCUT2D eigenvalue weighted by Gasteiger charge is 2.16. The molecule has 10 heteroatoms. The Hall–Kier alpha value is -2.97. The zero-order valence-corrected chi connectivity index (χ0v) is 21.0. The van der Waals surface area contributed by atoms with Crippen molar-refractivity contribution in [3.63, 3.8) is 0 Å². The van der Waals surface area contributed by atoms with Gasteiger partial charge in [0.2, 0.25) is 0 Å². The van der Waals surface area contributed by atoms with Crippen LogP contribution in [0.25, 0.3) is 10.9 Å². The Balaban J connectivity index is 1.54. The number of fused-ring (bicyclic) bond motifs is 1. The van der Waals surface area contributed by atoms with Crippen molar-refractivity contribution < 1.29 is 14.2 Å². The lowest BCUT2D eigenvalue weighted by molar-refractivity contribution is -0.0452. The number of benzene rings is 2. The molecule has 1 aliphatic heterocycles. The predicted molar refractivity (Wildman–Crippen MR) is 138 cm³/mol. The van der Waals surface area contributed by atoms with Crippen LogP contribution in [0, 0.1) is 11.3 Å². The molecule has 2 aromatic carbocycles. The first-order valence-electron chi connectivity index (χ1n) is 10.7. The fraction of sp³-hybridized carbons (Fsp3) is 0.292. The molecule has 1 aliphatic rings. The highest BCUT2D eigenvalue weighted by Crippen LogP contribution is 2.33. The number of hydrogen-bond donors (Lipinski definition) is 3. The molecule has 0 radical (unpaired) electrons. The number of methoxy groups -OCH3 is 1. The van der Waals surface area contributed by atoms with Crippen LogP contribution in [0.5, 0.6) is 5.75 Å². The zero-order valence-electron chi connectivity index (χ0n) is 18.6. The van der Waals surface area contributed by atoms with E-state index in [1.54, 1.807) is 13.3 Å². The Labute approximate surface area is 211 Å². The number of aromatic nitrogens is 1. The van der Waals surface area contributed by atoms with Crippen molar-refractivity contribution in [2.24, 2.45) is 0 Å². The molecule has 3 aromatic rings. The maximum atomic E-state index is 9.70. The molecule has 0 bridgehead atoms. The maximum Gasteiger partial charge on any atom is 0.166 e. The van der Waals surface area contributed by atoms with Crippen LogP contribution >= 0.6 is 28.1 Å². The van der Waals surface area contributed by atoms with Gasteiger partial charge in [0.05, 0.1) is 37.1 Å². The molecule has 1 fully saturated rings. The van der Waals surface area contributed by atoms with Crippen LogP contribution in [0.1, 0.15) is 17.5 Å². The number of rotatable bonds is 8. The largest absolute Gasteiger partial charge is 0.496 e. The second-order valence-corrected chi connectivity index (χ2v) is 8.87. The first-order valence-corrected chi connectivity index (χ1v) is 11.9. The molecule has 1 aromatic heterocycles. The quantitative estimate of drug-likeness (QED) is 0.359. The van der Waals surface area contributed by atoms with Crippen LogP contribution in [0.4, 0.5) is 11.4 Å². The summed E-state index contributed by atoms with van der Waals surface area (Å²) in [6, 6.07) is 13.8. The van der Waals surface area contributed by atoms with Crippen molar-refractivity contribution >= 4 is 55.5 Å². The van der Waals surface area contributed by atoms with Gasteiger partial charge in [-0.15, -0.1) is 0 Å². The number of halogens is 1. The van der Waals surface area contributed by atoms with Crippen LogP contribution in [0.2, 0.25) is 0 Å². The van der Waals surface area contributed by atoms with E-state index in [0.29, 0.717) is 54.8 Å². The average molecular weight is 542 g/mol. The molecule has 3 N–H and O–H groups in total. The summed E-state index contributed by atoms with van der Waals surface area (Å²) in [5, 5.41) is 20.8. The summed E-state index contributed by atoms with van der Waals surface area (Å²) in [5.74, 6) is 0.682. The Morgan fingerprint density at radius 3 is 2.82 bits per heavy atom. The summed E-state index contributed by atoms with van der Waals surface area (Å²) in [6.07, 6.45) is 2.11. The standard InChI is InChI=1S/C24H24BrN5O3S/c1-31-21-11-20-19(9-15(21)13-29-24(34)27-6-5-22-32-7-8-33-22)23(16(12-26)14-28-20)30-18-4-2-3-17(25)10-18/h2-4,9-11,14,22H,5-8,13H2,1H3,(H,28,30)(H2,27,29,34). The highest BCUT2D eigenvalue weighted by molar-refractivity contribution is 9.10. The van der Waals surface area contributed by atoms with Gasteiger partial charge in [-0.05, 0) is 36.5 Å². The number of nitriles is 1. The Morgan fingerprint density at radius 2 is 2.09 bits per heavy atom. The van der Waals surface area contributed by atoms with E-state index in [1.807, 2.05) is 36.4 Å². The summed E-state index contributed by atoms with van der Waals surface area (Å²) in [5.41, 5.74) is 3.59. The topological polar surface area (TPSA) is 100 Å². The Kier molecular flexibility index (Phi) is 8.13. The molecule has 0 aliphatic carbocycles. The van der Waals surface area contributed by atoms with Crippen LogP contribution < -0.4 is 20.7 Å². The SMILES string of the molecule is COc1cc2ncc(C#N)c(Nc3cccc(Br)c3)c2cc1CNC(=S)NCCC1OCCO1. The molecule has 0 saturated carbocycles. The number of hydrogen-bond acceptors (Lipinski definition) is 7. The third-order valence-corrected chi connectivity index (χ3v) is 6.06. The number of thiocarbonyl (C=S) groups is 1. The third-order valence-electron chi connectivity index (χ3n) is 5.28. The van der Waals surface area contributed by atoms with Crippen LogP contribution in [-0.2, 0) is 16.0 Å². The lowest BCUT2D eigenvalue weighted by Gasteiger charge is -2.16. The van der Waals surface area contributed by atoms with Gasteiger partial charge < -0.3 is 30.2 Å². The normalized spacial score (nSPS) is 13.4. The fourth-order valence-corrected chi connectivity index (χ4v) is 4.21. The summed E-state index contributed by atoms with van der Waals surface area (Å²) in [6.45, 7) is 2.35. The number of pyridine rings is 1. The molecular weight excluding hydrogens is 518 g/mol. The smallest absolute Gasteiger partial charge is 0.166 e. The minimum Gasteiger partial charge on any atom is -0.496 e. The highest BCUT2D eigenvalue weighted by atomic mass is 79.9. The van der Waals surface area contributed by atoms with Crippen LogP contribution in [0.15, 0.2) is 47.1 Å². The van der Waals surface area contributed by atoms with Gasteiger partial charge >= 0.3 is 0 Å². The van der Waals surface area contributed by atoms with Crippen molar-refractivity contribution in [3.05, 3.63) is 58.2 Å². The Bertz CT molecular complexity index is 1230. The summed E-state index contributed by atoms with van der Waals surface area (Å²) in [4.78, 5) is 4.46. The van der Waals surface area contributed by atoms with Gasteiger partial charge in [0.1, 0.15) is 11.8 Å². The van der Waals surface area contributed by atoms with E-state index in [9.17, 15) is 5.26 Å². The van der Waals surface area contributed by atoms with E-state index < -0.39 is 0 Å². The second kappa shape index (κ2) is 11.4. The van der Waals surface area contributed by atoms with Crippen molar-refractivity contribution in [1.82, 2.24) is 15.6 Å². The van der Waals surface area contributed by atoms with Crippen LogP contribution in [0.3, 0.4) is 0 Å². The minimum atomic E-state index is -0.172. The molecular formula is C24H24BrN5O3S. The van der Waals surface area contributed by atoms with Gasteiger partial charge in [0, 0.05) is 52.9 Å². The molecule has 2 heterocycles. The molecule has 176 valence electrons. The predicted octanol–water partition coefficient (Wildman–Crippen LogP) is 4.35. The number of anilines is 2. The Morgan fingerprint density at radius 1 is 1.26 bits per heavy atom. The minimum absolute atomic E-state index is 0.172. The molecule has 0 unspecified atom stereocenters. The first kappa shape index (κ1) is 24.2. The molecule has 0 amide bonds. The number of nitrogens with one attached hydrogen (secondary N) is 3. The van der Waals surface area contributed by atoms with Crippen molar-refractivity contribution in [3.8, 4) is 11.8 Å². The molecule has 0 spiro atoms. The van der Waals surface area contributed by atoms with Gasteiger partial charge in [-0.1, -0.05) is 22.0 Å². The van der Waals surface area contributed by atoms with Gasteiger partial charge in [-0.2, -0.15) is 5.26 Å². The van der Waals surface area contributed by atoms with Gasteiger partial charge in [-0.25, -0.2) is 0 Å². The van der Waals surface area contributed by atoms with E-state index in [-0.39, 0.29) is 6.29 Å². The first-order chi connectivity index (χ1) is 16.6. The van der Waals surface area contributed by atoms with Crippen molar-refractivity contribution in [1.29, 1.82) is 5.26 Å². The lowest BCUT2D eigenvalue weighted by atomic mass is 10.0. The van der Waals surface area contributed by atoms with E-state index in [0.717, 1.165) is 26.6 Å². The van der Waals surface area contributed by atoms with Gasteiger partial charge in [0.15, 0.2) is 11.4 Å². The monoisotopic (exact) mass is 541 g/mol. The van der Waals surface area contributed by atoms with Crippen LogP contribution in [-0.4, -0.2) is 43.3 Å². The van der Waals surface area contributed by atoms with Crippen molar-refractivity contribution in [2.75, 3.05) is 32.2 Å². The van der Waals surface area contributed by atoms with E-state index in [2.05, 4.69) is 42.9 Å². The molecule has 8 nitrogen and oxygen atoms in total. The van der Waals surface area contributed by atoms with Crippen molar-refractivity contribution in [2.45, 2.75) is 19.3 Å². The zero-order chi connectivity index (χ0) is 23.9. The molecule has 34 heavy (non-hydrogen) atoms. The average Bonchev–Trinajstić information content (AvgIpc) is 3.36. The third kappa shape index (κ3) is 5.93. The summed E-state index contributed by atoms with van der Waals surface area (Å²) in [7, 11) is 1.62. The summed E-state index contributed by atoms with van der Waals surface area (Å²) < 4.78 is 17.4.